The number of rotatable bonds is 8. The highest BCUT2D eigenvalue weighted by molar-refractivity contribution is 6.21. The van der Waals surface area contributed by atoms with E-state index in [-0.39, 0.29) is 42.9 Å². The highest BCUT2D eigenvalue weighted by atomic mass is 16.2. The molecule has 0 aromatic heterocycles. The van der Waals surface area contributed by atoms with Crippen LogP contribution in [0.3, 0.4) is 0 Å². The van der Waals surface area contributed by atoms with Crippen LogP contribution >= 0.6 is 0 Å². The Kier molecular flexibility index (Phi) is 9.17. The maximum absolute atomic E-state index is 14.4. The molecule has 4 aromatic rings. The average molecular weight is 710 g/mol. The van der Waals surface area contributed by atoms with Gasteiger partial charge in [-0.3, -0.25) is 19.3 Å². The van der Waals surface area contributed by atoms with E-state index in [0.29, 0.717) is 67.8 Å². The summed E-state index contributed by atoms with van der Waals surface area (Å²) >= 11 is 0. The zero-order valence-corrected chi connectivity index (χ0v) is 29.1. The van der Waals surface area contributed by atoms with Crippen LogP contribution in [0.15, 0.2) is 108 Å². The number of fused-ring (bicyclic) bond motifs is 3. The molecule has 7 amide bonds. The van der Waals surface area contributed by atoms with Gasteiger partial charge in [-0.1, -0.05) is 78.9 Å². The number of anilines is 2. The number of likely N-dealkylation sites (tertiary alicyclic amines) is 1. The summed E-state index contributed by atoms with van der Waals surface area (Å²) in [6.07, 6.45) is 0.978. The molecule has 0 unspecified atom stereocenters. The first-order chi connectivity index (χ1) is 25.9. The lowest BCUT2D eigenvalue weighted by molar-refractivity contribution is -0.120. The van der Waals surface area contributed by atoms with E-state index in [0.717, 1.165) is 22.4 Å². The van der Waals surface area contributed by atoms with Crippen molar-refractivity contribution in [3.8, 4) is 0 Å². The molecule has 0 saturated carbocycles. The van der Waals surface area contributed by atoms with E-state index in [1.165, 1.54) is 4.90 Å². The number of nitrogens with one attached hydrogen (secondary N) is 2. The smallest absolute Gasteiger partial charge is 0.322 e. The van der Waals surface area contributed by atoms with Gasteiger partial charge in [0, 0.05) is 55.6 Å². The van der Waals surface area contributed by atoms with Crippen molar-refractivity contribution in [3.05, 3.63) is 131 Å². The molecule has 268 valence electrons. The van der Waals surface area contributed by atoms with Gasteiger partial charge in [-0.2, -0.15) is 0 Å². The number of nitrogens with zero attached hydrogens (tertiary/aromatic N) is 5. The number of imide groups is 1. The first-order valence-corrected chi connectivity index (χ1v) is 18.1. The van der Waals surface area contributed by atoms with Crippen molar-refractivity contribution in [1.29, 1.82) is 0 Å². The maximum atomic E-state index is 14.4. The number of benzene rings is 4. The zero-order valence-electron chi connectivity index (χ0n) is 29.1. The SMILES string of the molecule is O=C(N[C@@H]1N=C(c2ccccc2)c2ccccc2N(CCCCN2C(=O)c3ccccc3C2=O)C1=O)N1CCC(N2Cc3ccccc3NC2=O)CC1. The van der Waals surface area contributed by atoms with Crippen LogP contribution in [0.4, 0.5) is 21.0 Å². The molecule has 1 atom stereocenters. The van der Waals surface area contributed by atoms with Crippen molar-refractivity contribution in [3.63, 3.8) is 0 Å². The molecule has 0 aliphatic carbocycles. The van der Waals surface area contributed by atoms with E-state index in [1.807, 2.05) is 83.8 Å². The Morgan fingerprint density at radius 3 is 2.04 bits per heavy atom. The molecular formula is C41H39N7O5. The molecule has 4 aliphatic heterocycles. The third-order valence-corrected chi connectivity index (χ3v) is 10.5. The molecule has 1 fully saturated rings. The Balaban J connectivity index is 0.974. The fourth-order valence-corrected chi connectivity index (χ4v) is 7.67. The number of amides is 7. The second-order valence-corrected chi connectivity index (χ2v) is 13.7. The molecule has 12 nitrogen and oxygen atoms in total. The summed E-state index contributed by atoms with van der Waals surface area (Å²) in [5.41, 5.74) is 5.51. The summed E-state index contributed by atoms with van der Waals surface area (Å²) < 4.78 is 0. The van der Waals surface area contributed by atoms with Crippen molar-refractivity contribution in [2.24, 2.45) is 4.99 Å². The standard InChI is InChI=1S/C41H39N7O5/c49-37-30-15-5-6-16-31(30)38(50)47(37)23-11-10-22-46-34-19-9-7-17-32(34)35(27-12-2-1-3-13-27)43-36(39(46)51)44-40(52)45-24-20-29(21-25-45)48-26-28-14-4-8-18-33(28)42-41(48)53/h1-9,12-19,29,36H,10-11,20-26H2,(H,42,53)(H,44,52)/t36-/m0/s1. The molecule has 4 heterocycles. The maximum Gasteiger partial charge on any atom is 0.322 e. The zero-order chi connectivity index (χ0) is 36.5. The number of carbonyl (C=O) groups is 5. The van der Waals surface area contributed by atoms with Crippen molar-refractivity contribution < 1.29 is 24.0 Å². The van der Waals surface area contributed by atoms with Crippen molar-refractivity contribution >= 4 is 46.9 Å². The summed E-state index contributed by atoms with van der Waals surface area (Å²) in [6.45, 7) is 1.86. The van der Waals surface area contributed by atoms with Crippen LogP contribution in [-0.4, -0.2) is 88.6 Å². The number of hydrogen-bond acceptors (Lipinski definition) is 6. The summed E-state index contributed by atoms with van der Waals surface area (Å²) in [6, 6.07) is 31.1. The molecule has 12 heteroatoms. The van der Waals surface area contributed by atoms with Gasteiger partial charge in [0.05, 0.1) is 22.5 Å². The van der Waals surface area contributed by atoms with Crippen LogP contribution in [0.2, 0.25) is 0 Å². The van der Waals surface area contributed by atoms with Crippen LogP contribution < -0.4 is 15.5 Å². The molecular weight excluding hydrogens is 670 g/mol. The predicted molar refractivity (Wildman–Crippen MR) is 200 cm³/mol. The van der Waals surface area contributed by atoms with Crippen molar-refractivity contribution in [2.75, 3.05) is 36.4 Å². The molecule has 2 N–H and O–H groups in total. The Bertz CT molecular complexity index is 2090. The number of piperidine rings is 1. The lowest BCUT2D eigenvalue weighted by Crippen LogP contribution is -2.55. The fraction of sp³-hybridized carbons (Fsp3) is 0.268. The summed E-state index contributed by atoms with van der Waals surface area (Å²) in [5.74, 6) is -0.992. The number of urea groups is 2. The average Bonchev–Trinajstić information content (AvgIpc) is 3.37. The molecule has 0 spiro atoms. The quantitative estimate of drug-likeness (QED) is 0.184. The predicted octanol–water partition coefficient (Wildman–Crippen LogP) is 5.49. The van der Waals surface area contributed by atoms with Crippen LogP contribution in [0.1, 0.15) is 63.1 Å². The molecule has 53 heavy (non-hydrogen) atoms. The first kappa shape index (κ1) is 33.8. The van der Waals surface area contributed by atoms with E-state index in [2.05, 4.69) is 10.6 Å². The van der Waals surface area contributed by atoms with E-state index in [1.54, 1.807) is 34.1 Å². The summed E-state index contributed by atoms with van der Waals surface area (Å²) in [4.78, 5) is 78.4. The Hall–Kier alpha value is -6.30. The minimum Gasteiger partial charge on any atom is -0.325 e. The van der Waals surface area contributed by atoms with E-state index < -0.39 is 12.2 Å². The second kappa shape index (κ2) is 14.4. The molecule has 4 aliphatic rings. The third kappa shape index (κ3) is 6.52. The lowest BCUT2D eigenvalue weighted by atomic mass is 10.00. The first-order valence-electron chi connectivity index (χ1n) is 18.1. The van der Waals surface area contributed by atoms with Crippen LogP contribution in [0.5, 0.6) is 0 Å². The van der Waals surface area contributed by atoms with Crippen LogP contribution in [-0.2, 0) is 11.3 Å². The third-order valence-electron chi connectivity index (χ3n) is 10.5. The van der Waals surface area contributed by atoms with Gasteiger partial charge < -0.3 is 25.3 Å². The topological polar surface area (TPSA) is 135 Å². The number of unbranched alkanes of at least 4 members (excludes halogenated alkanes) is 1. The molecule has 1 saturated heterocycles. The van der Waals surface area contributed by atoms with Crippen LogP contribution in [0, 0.1) is 0 Å². The van der Waals surface area contributed by atoms with Gasteiger partial charge in [0.15, 0.2) is 0 Å². The Morgan fingerprint density at radius 1 is 0.717 bits per heavy atom. The number of aliphatic imine (C=N–C) groups is 1. The van der Waals surface area contributed by atoms with E-state index in [4.69, 9.17) is 4.99 Å². The molecule has 4 aromatic carbocycles. The van der Waals surface area contributed by atoms with Gasteiger partial charge in [0.2, 0.25) is 6.17 Å². The van der Waals surface area contributed by atoms with Crippen molar-refractivity contribution in [2.45, 2.75) is 44.4 Å². The van der Waals surface area contributed by atoms with Gasteiger partial charge in [-0.25, -0.2) is 14.6 Å². The number of benzodiazepines with no additional fused rings is 1. The monoisotopic (exact) mass is 709 g/mol. The fourth-order valence-electron chi connectivity index (χ4n) is 7.67. The normalized spacial score (nSPS) is 18.6. The van der Waals surface area contributed by atoms with Gasteiger partial charge >= 0.3 is 12.1 Å². The van der Waals surface area contributed by atoms with Gasteiger partial charge in [-0.05, 0) is 55.5 Å². The number of carbonyl (C=O) groups excluding carboxylic acids is 5. The Morgan fingerprint density at radius 2 is 1.32 bits per heavy atom. The van der Waals surface area contributed by atoms with E-state index >= 15 is 0 Å². The van der Waals surface area contributed by atoms with Gasteiger partial charge in [0.1, 0.15) is 0 Å². The molecule has 8 rings (SSSR count). The van der Waals surface area contributed by atoms with Crippen LogP contribution in [0.25, 0.3) is 0 Å². The lowest BCUT2D eigenvalue weighted by Gasteiger charge is -2.40. The molecule has 0 radical (unpaired) electrons. The van der Waals surface area contributed by atoms with Gasteiger partial charge in [0.25, 0.3) is 17.7 Å². The minimum atomic E-state index is -1.21. The van der Waals surface area contributed by atoms with Crippen molar-refractivity contribution in [1.82, 2.24) is 20.0 Å². The van der Waals surface area contributed by atoms with E-state index in [9.17, 15) is 24.0 Å². The largest absolute Gasteiger partial charge is 0.325 e. The second-order valence-electron chi connectivity index (χ2n) is 13.7. The van der Waals surface area contributed by atoms with Gasteiger partial charge in [-0.15, -0.1) is 0 Å². The number of hydrogen-bond donors (Lipinski definition) is 2. The highest BCUT2D eigenvalue weighted by Crippen LogP contribution is 2.31. The minimum absolute atomic E-state index is 0.0278. The summed E-state index contributed by atoms with van der Waals surface area (Å²) in [7, 11) is 0. The number of para-hydroxylation sites is 2. The Labute approximate surface area is 307 Å². The summed E-state index contributed by atoms with van der Waals surface area (Å²) in [5, 5.41) is 5.91. The highest BCUT2D eigenvalue weighted by Gasteiger charge is 2.37. The molecule has 0 bridgehead atoms.